The van der Waals surface area contributed by atoms with Crippen LogP contribution in [0.1, 0.15) is 38.2 Å². The Labute approximate surface area is 130 Å². The first-order chi connectivity index (χ1) is 9.70. The maximum atomic E-state index is 14.0. The molecule has 1 aromatic rings. The van der Waals surface area contributed by atoms with Gasteiger partial charge in [-0.05, 0) is 55.7 Å². The Morgan fingerprint density at radius 2 is 2.30 bits per heavy atom. The topological polar surface area (TPSA) is 12.0 Å². The number of benzene rings is 1. The van der Waals surface area contributed by atoms with Crippen molar-refractivity contribution in [1.29, 1.82) is 0 Å². The summed E-state index contributed by atoms with van der Waals surface area (Å²) in [7, 11) is 0. The van der Waals surface area contributed by atoms with E-state index in [9.17, 15) is 4.39 Å². The van der Waals surface area contributed by atoms with Crippen LogP contribution >= 0.6 is 23.4 Å². The highest BCUT2D eigenvalue weighted by molar-refractivity contribution is 8.00. The van der Waals surface area contributed by atoms with Gasteiger partial charge in [0.1, 0.15) is 5.82 Å². The number of rotatable bonds is 6. The van der Waals surface area contributed by atoms with E-state index in [-0.39, 0.29) is 5.82 Å². The van der Waals surface area contributed by atoms with Gasteiger partial charge in [-0.15, -0.1) is 0 Å². The van der Waals surface area contributed by atoms with E-state index in [1.807, 2.05) is 17.8 Å². The number of hydrogen-bond acceptors (Lipinski definition) is 2. The zero-order valence-electron chi connectivity index (χ0n) is 12.0. The highest BCUT2D eigenvalue weighted by Crippen LogP contribution is 2.29. The molecule has 2 unspecified atom stereocenters. The summed E-state index contributed by atoms with van der Waals surface area (Å²) in [5.74, 6) is 1.06. The van der Waals surface area contributed by atoms with Gasteiger partial charge < -0.3 is 5.32 Å². The standard InChI is InChI=1S/C16H23ClFNS/c1-2-8-19-15(16-5-3-4-9-20-16)10-12-6-7-13(17)11-14(12)18/h6-7,11,15-16,19H,2-5,8-10H2,1H3. The van der Waals surface area contributed by atoms with Crippen LogP contribution in [0.4, 0.5) is 4.39 Å². The second-order valence-corrected chi connectivity index (χ2v) is 7.19. The second-order valence-electron chi connectivity index (χ2n) is 5.41. The first-order valence-electron chi connectivity index (χ1n) is 7.49. The van der Waals surface area contributed by atoms with Crippen molar-refractivity contribution in [2.24, 2.45) is 0 Å². The number of nitrogens with one attached hydrogen (secondary N) is 1. The Balaban J connectivity index is 2.05. The van der Waals surface area contributed by atoms with Crippen LogP contribution in [0.25, 0.3) is 0 Å². The zero-order valence-corrected chi connectivity index (χ0v) is 13.6. The summed E-state index contributed by atoms with van der Waals surface area (Å²) in [5, 5.41) is 4.68. The normalized spacial score (nSPS) is 20.9. The molecule has 1 N–H and O–H groups in total. The zero-order chi connectivity index (χ0) is 14.4. The van der Waals surface area contributed by atoms with Crippen molar-refractivity contribution in [3.8, 4) is 0 Å². The molecule has 2 atom stereocenters. The van der Waals surface area contributed by atoms with E-state index in [0.29, 0.717) is 16.3 Å². The highest BCUT2D eigenvalue weighted by Gasteiger charge is 2.24. The molecular formula is C16H23ClFNS. The third-order valence-electron chi connectivity index (χ3n) is 3.78. The molecule has 2 rings (SSSR count). The quantitative estimate of drug-likeness (QED) is 0.818. The summed E-state index contributed by atoms with van der Waals surface area (Å²) in [6.45, 7) is 3.16. The van der Waals surface area contributed by atoms with E-state index >= 15 is 0 Å². The summed E-state index contributed by atoms with van der Waals surface area (Å²) in [5.41, 5.74) is 0.772. The van der Waals surface area contributed by atoms with Crippen molar-refractivity contribution in [2.45, 2.75) is 50.3 Å². The highest BCUT2D eigenvalue weighted by atomic mass is 35.5. The first-order valence-corrected chi connectivity index (χ1v) is 8.92. The minimum Gasteiger partial charge on any atom is -0.313 e. The maximum Gasteiger partial charge on any atom is 0.127 e. The second kappa shape index (κ2) is 8.26. The van der Waals surface area contributed by atoms with Crippen molar-refractivity contribution >= 4 is 23.4 Å². The van der Waals surface area contributed by atoms with Crippen molar-refractivity contribution < 1.29 is 4.39 Å². The molecule has 0 radical (unpaired) electrons. The molecule has 4 heteroatoms. The van der Waals surface area contributed by atoms with Gasteiger partial charge in [0, 0.05) is 16.3 Å². The Morgan fingerprint density at radius 1 is 1.45 bits per heavy atom. The van der Waals surface area contributed by atoms with Crippen LogP contribution in [-0.4, -0.2) is 23.6 Å². The van der Waals surface area contributed by atoms with Crippen molar-refractivity contribution in [3.05, 3.63) is 34.6 Å². The predicted octanol–water partition coefficient (Wildman–Crippen LogP) is 4.68. The first kappa shape index (κ1) is 16.1. The maximum absolute atomic E-state index is 14.0. The van der Waals surface area contributed by atoms with E-state index in [0.717, 1.165) is 24.9 Å². The Kier molecular flexibility index (Phi) is 6.66. The van der Waals surface area contributed by atoms with Gasteiger partial charge in [0.2, 0.25) is 0 Å². The third-order valence-corrected chi connectivity index (χ3v) is 5.53. The van der Waals surface area contributed by atoms with E-state index in [4.69, 9.17) is 11.6 Å². The molecule has 0 spiro atoms. The number of hydrogen-bond donors (Lipinski definition) is 1. The molecule has 1 saturated heterocycles. The predicted molar refractivity (Wildman–Crippen MR) is 87.3 cm³/mol. The summed E-state index contributed by atoms with van der Waals surface area (Å²) in [6.07, 6.45) is 5.71. The smallest absolute Gasteiger partial charge is 0.127 e. The lowest BCUT2D eigenvalue weighted by atomic mass is 9.99. The van der Waals surface area contributed by atoms with Gasteiger partial charge in [-0.2, -0.15) is 11.8 Å². The summed E-state index contributed by atoms with van der Waals surface area (Å²) >= 11 is 7.87. The van der Waals surface area contributed by atoms with Gasteiger partial charge in [-0.3, -0.25) is 0 Å². The van der Waals surface area contributed by atoms with Crippen LogP contribution in [0.15, 0.2) is 18.2 Å². The molecule has 0 saturated carbocycles. The van der Waals surface area contributed by atoms with E-state index in [2.05, 4.69) is 12.2 Å². The molecule has 1 fully saturated rings. The minimum absolute atomic E-state index is 0.179. The van der Waals surface area contributed by atoms with Gasteiger partial charge in [0.25, 0.3) is 0 Å². The van der Waals surface area contributed by atoms with Crippen LogP contribution in [0.5, 0.6) is 0 Å². The SMILES string of the molecule is CCCNC(Cc1ccc(Cl)cc1F)C1CCCCS1. The fourth-order valence-corrected chi connectivity index (χ4v) is 4.26. The molecule has 0 amide bonds. The van der Waals surface area contributed by atoms with Gasteiger partial charge >= 0.3 is 0 Å². The van der Waals surface area contributed by atoms with Crippen LogP contribution in [-0.2, 0) is 6.42 Å². The summed E-state index contributed by atoms with van der Waals surface area (Å²) in [6, 6.07) is 5.38. The van der Waals surface area contributed by atoms with Crippen LogP contribution in [0, 0.1) is 5.82 Å². The average molecular weight is 316 g/mol. The molecule has 0 aromatic heterocycles. The molecule has 1 aliphatic rings. The van der Waals surface area contributed by atoms with E-state index in [1.165, 1.54) is 31.1 Å². The largest absolute Gasteiger partial charge is 0.313 e. The Morgan fingerprint density at radius 3 is 2.95 bits per heavy atom. The number of halogens is 2. The van der Waals surface area contributed by atoms with Crippen molar-refractivity contribution in [2.75, 3.05) is 12.3 Å². The molecule has 1 aromatic carbocycles. The van der Waals surface area contributed by atoms with E-state index < -0.39 is 0 Å². The number of thioether (sulfide) groups is 1. The van der Waals surface area contributed by atoms with E-state index in [1.54, 1.807) is 6.07 Å². The molecular weight excluding hydrogens is 293 g/mol. The minimum atomic E-state index is -0.179. The fraction of sp³-hybridized carbons (Fsp3) is 0.625. The molecule has 0 aliphatic carbocycles. The molecule has 1 aliphatic heterocycles. The van der Waals surface area contributed by atoms with Crippen LogP contribution in [0.2, 0.25) is 5.02 Å². The summed E-state index contributed by atoms with van der Waals surface area (Å²) < 4.78 is 14.0. The third kappa shape index (κ3) is 4.64. The van der Waals surface area contributed by atoms with Crippen molar-refractivity contribution in [3.63, 3.8) is 0 Å². The Hall–Kier alpha value is -0.250. The molecule has 112 valence electrons. The Bertz CT molecular complexity index is 421. The van der Waals surface area contributed by atoms with Crippen molar-refractivity contribution in [1.82, 2.24) is 5.32 Å². The average Bonchev–Trinajstić information content (AvgIpc) is 2.46. The molecule has 20 heavy (non-hydrogen) atoms. The monoisotopic (exact) mass is 315 g/mol. The lowest BCUT2D eigenvalue weighted by molar-refractivity contribution is 0.454. The molecule has 1 heterocycles. The van der Waals surface area contributed by atoms with Gasteiger partial charge in [-0.1, -0.05) is 31.0 Å². The van der Waals surface area contributed by atoms with Crippen LogP contribution in [0.3, 0.4) is 0 Å². The summed E-state index contributed by atoms with van der Waals surface area (Å²) in [4.78, 5) is 0. The fourth-order valence-electron chi connectivity index (χ4n) is 2.67. The molecule has 0 bridgehead atoms. The van der Waals surface area contributed by atoms with Crippen LogP contribution < -0.4 is 5.32 Å². The lowest BCUT2D eigenvalue weighted by Crippen LogP contribution is -2.41. The van der Waals surface area contributed by atoms with Gasteiger partial charge in [0.05, 0.1) is 0 Å². The molecule has 1 nitrogen and oxygen atoms in total. The van der Waals surface area contributed by atoms with Gasteiger partial charge in [0.15, 0.2) is 0 Å². The van der Waals surface area contributed by atoms with Gasteiger partial charge in [-0.25, -0.2) is 4.39 Å². The lowest BCUT2D eigenvalue weighted by Gasteiger charge is -2.31.